The van der Waals surface area contributed by atoms with Gasteiger partial charge in [-0.1, -0.05) is 24.3 Å². The van der Waals surface area contributed by atoms with Crippen molar-refractivity contribution in [2.75, 3.05) is 38.8 Å². The van der Waals surface area contributed by atoms with Crippen LogP contribution in [0.1, 0.15) is 24.5 Å². The predicted molar refractivity (Wildman–Crippen MR) is 113 cm³/mol. The minimum Gasteiger partial charge on any atom is -0.493 e. The van der Waals surface area contributed by atoms with Gasteiger partial charge in [0.2, 0.25) is 11.8 Å². The number of anilines is 1. The number of benzene rings is 2. The van der Waals surface area contributed by atoms with E-state index >= 15 is 0 Å². The number of hydrogen-bond acceptors (Lipinski definition) is 4. The van der Waals surface area contributed by atoms with Crippen molar-refractivity contribution in [1.82, 2.24) is 4.90 Å². The van der Waals surface area contributed by atoms with Crippen LogP contribution in [0.25, 0.3) is 0 Å². The van der Waals surface area contributed by atoms with Crippen LogP contribution in [0.5, 0.6) is 11.5 Å². The zero-order valence-corrected chi connectivity index (χ0v) is 17.3. The fourth-order valence-corrected chi connectivity index (χ4v) is 3.69. The van der Waals surface area contributed by atoms with Gasteiger partial charge in [-0.15, -0.1) is 0 Å². The number of carbonyl (C=O) groups is 2. The molecule has 1 aliphatic rings. The smallest absolute Gasteiger partial charge is 0.246 e. The van der Waals surface area contributed by atoms with Crippen LogP contribution < -0.4 is 14.4 Å². The van der Waals surface area contributed by atoms with Crippen molar-refractivity contribution >= 4 is 17.5 Å². The van der Waals surface area contributed by atoms with Gasteiger partial charge in [0.15, 0.2) is 11.5 Å². The number of rotatable bonds is 7. The minimum absolute atomic E-state index is 0.0420. The number of ether oxygens (including phenoxy) is 2. The zero-order chi connectivity index (χ0) is 20.8. The minimum atomic E-state index is -0.107. The molecule has 0 fully saturated rings. The maximum atomic E-state index is 13.0. The fraction of sp³-hybridized carbons (Fsp3) is 0.391. The number of hydrogen-bond donors (Lipinski definition) is 0. The first kappa shape index (κ1) is 20.7. The summed E-state index contributed by atoms with van der Waals surface area (Å²) in [6.07, 6.45) is 2.55. The quantitative estimate of drug-likeness (QED) is 0.722. The van der Waals surface area contributed by atoms with E-state index in [9.17, 15) is 9.59 Å². The molecule has 1 heterocycles. The SMILES string of the molecule is COc1ccc(CCN(CC(=O)N2CCCc3ccccc32)C(C)=O)cc1OC. The van der Waals surface area contributed by atoms with Crippen LogP contribution in [-0.4, -0.2) is 50.6 Å². The van der Waals surface area contributed by atoms with Crippen molar-refractivity contribution in [1.29, 1.82) is 0 Å². The second kappa shape index (κ2) is 9.45. The van der Waals surface area contributed by atoms with Crippen LogP contribution >= 0.6 is 0 Å². The molecule has 3 rings (SSSR count). The highest BCUT2D eigenvalue weighted by atomic mass is 16.5. The van der Waals surface area contributed by atoms with Crippen LogP contribution in [-0.2, 0) is 22.4 Å². The normalized spacial score (nSPS) is 12.9. The maximum Gasteiger partial charge on any atom is 0.246 e. The van der Waals surface area contributed by atoms with Crippen LogP contribution in [0.4, 0.5) is 5.69 Å². The number of carbonyl (C=O) groups excluding carboxylic acids is 2. The lowest BCUT2D eigenvalue weighted by atomic mass is 10.0. The largest absolute Gasteiger partial charge is 0.493 e. The molecule has 0 atom stereocenters. The molecular weight excluding hydrogens is 368 g/mol. The lowest BCUT2D eigenvalue weighted by Gasteiger charge is -2.31. The average molecular weight is 396 g/mol. The van der Waals surface area contributed by atoms with Gasteiger partial charge < -0.3 is 19.3 Å². The molecule has 0 aromatic heterocycles. The molecular formula is C23H28N2O4. The van der Waals surface area contributed by atoms with Gasteiger partial charge in [0.25, 0.3) is 0 Å². The Labute approximate surface area is 172 Å². The molecule has 0 bridgehead atoms. The molecule has 1 aliphatic heterocycles. The molecule has 154 valence electrons. The molecule has 2 amide bonds. The predicted octanol–water partition coefficient (Wildman–Crippen LogP) is 3.07. The Morgan fingerprint density at radius 2 is 1.83 bits per heavy atom. The molecule has 2 aromatic carbocycles. The van der Waals surface area contributed by atoms with Gasteiger partial charge in [-0.3, -0.25) is 9.59 Å². The molecule has 2 aromatic rings. The van der Waals surface area contributed by atoms with E-state index in [1.807, 2.05) is 41.3 Å². The van der Waals surface area contributed by atoms with Gasteiger partial charge >= 0.3 is 0 Å². The summed E-state index contributed by atoms with van der Waals surface area (Å²) in [7, 11) is 3.19. The van der Waals surface area contributed by atoms with E-state index in [0.29, 0.717) is 31.0 Å². The standard InChI is InChI=1S/C23H28N2O4/c1-17(26)24(14-12-18-10-11-21(28-2)22(15-18)29-3)16-23(27)25-13-6-8-19-7-4-5-9-20(19)25/h4-5,7,9-11,15H,6,8,12-14,16H2,1-3H3. The highest BCUT2D eigenvalue weighted by Crippen LogP contribution is 2.28. The van der Waals surface area contributed by atoms with E-state index < -0.39 is 0 Å². The van der Waals surface area contributed by atoms with E-state index in [-0.39, 0.29) is 18.4 Å². The summed E-state index contributed by atoms with van der Waals surface area (Å²) in [4.78, 5) is 28.5. The second-order valence-corrected chi connectivity index (χ2v) is 7.16. The average Bonchev–Trinajstić information content (AvgIpc) is 2.75. The topological polar surface area (TPSA) is 59.1 Å². The molecule has 6 heteroatoms. The molecule has 0 aliphatic carbocycles. The van der Waals surface area contributed by atoms with Gasteiger partial charge in [-0.25, -0.2) is 0 Å². The lowest BCUT2D eigenvalue weighted by Crippen LogP contribution is -2.44. The summed E-state index contributed by atoms with van der Waals surface area (Å²) in [5, 5.41) is 0. The molecule has 0 N–H and O–H groups in total. The van der Waals surface area contributed by atoms with Gasteiger partial charge in [0, 0.05) is 25.7 Å². The van der Waals surface area contributed by atoms with Crippen molar-refractivity contribution in [3.63, 3.8) is 0 Å². The molecule has 6 nitrogen and oxygen atoms in total. The monoisotopic (exact) mass is 396 g/mol. The third-order valence-corrected chi connectivity index (χ3v) is 5.30. The highest BCUT2D eigenvalue weighted by molar-refractivity contribution is 5.97. The number of amides is 2. The third-order valence-electron chi connectivity index (χ3n) is 5.30. The van der Waals surface area contributed by atoms with Crippen LogP contribution in [0, 0.1) is 0 Å². The Bertz CT molecular complexity index is 881. The van der Waals surface area contributed by atoms with Crippen molar-refractivity contribution in [3.8, 4) is 11.5 Å². The third kappa shape index (κ3) is 4.88. The summed E-state index contributed by atoms with van der Waals surface area (Å²) >= 11 is 0. The van der Waals surface area contributed by atoms with E-state index in [4.69, 9.17) is 9.47 Å². The highest BCUT2D eigenvalue weighted by Gasteiger charge is 2.24. The van der Waals surface area contributed by atoms with Crippen molar-refractivity contribution < 1.29 is 19.1 Å². The molecule has 0 saturated heterocycles. The van der Waals surface area contributed by atoms with E-state index in [0.717, 1.165) is 24.1 Å². The Hall–Kier alpha value is -3.02. The zero-order valence-electron chi connectivity index (χ0n) is 17.3. The summed E-state index contributed by atoms with van der Waals surface area (Å²) in [6, 6.07) is 13.7. The molecule has 0 spiro atoms. The van der Waals surface area contributed by atoms with Crippen molar-refractivity contribution in [3.05, 3.63) is 53.6 Å². The Kier molecular flexibility index (Phi) is 6.75. The van der Waals surface area contributed by atoms with Crippen LogP contribution in [0.2, 0.25) is 0 Å². The summed E-state index contributed by atoms with van der Waals surface area (Å²) in [5.74, 6) is 1.17. The van der Waals surface area contributed by atoms with Gasteiger partial charge in [0.1, 0.15) is 6.54 Å². The van der Waals surface area contributed by atoms with E-state index in [1.165, 1.54) is 12.5 Å². The Morgan fingerprint density at radius 1 is 1.07 bits per heavy atom. The first-order valence-corrected chi connectivity index (χ1v) is 9.88. The first-order chi connectivity index (χ1) is 14.0. The number of aryl methyl sites for hydroxylation is 1. The van der Waals surface area contributed by atoms with Gasteiger partial charge in [-0.2, -0.15) is 0 Å². The number of fused-ring (bicyclic) bond motifs is 1. The van der Waals surface area contributed by atoms with Crippen LogP contribution in [0.3, 0.4) is 0 Å². The number of methoxy groups -OCH3 is 2. The van der Waals surface area contributed by atoms with Gasteiger partial charge in [0.05, 0.1) is 14.2 Å². The summed E-state index contributed by atoms with van der Waals surface area (Å²) in [6.45, 7) is 2.74. The van der Waals surface area contributed by atoms with Crippen LogP contribution in [0.15, 0.2) is 42.5 Å². The van der Waals surface area contributed by atoms with E-state index in [2.05, 4.69) is 6.07 Å². The molecule has 0 saturated carbocycles. The lowest BCUT2D eigenvalue weighted by molar-refractivity contribution is -0.133. The second-order valence-electron chi connectivity index (χ2n) is 7.16. The molecule has 0 unspecified atom stereocenters. The summed E-state index contributed by atoms with van der Waals surface area (Å²) < 4.78 is 10.6. The fourth-order valence-electron chi connectivity index (χ4n) is 3.69. The Morgan fingerprint density at radius 3 is 2.55 bits per heavy atom. The molecule has 29 heavy (non-hydrogen) atoms. The van der Waals surface area contributed by atoms with Crippen molar-refractivity contribution in [2.24, 2.45) is 0 Å². The first-order valence-electron chi connectivity index (χ1n) is 9.88. The summed E-state index contributed by atoms with van der Waals surface area (Å²) in [5.41, 5.74) is 3.17. The van der Waals surface area contributed by atoms with E-state index in [1.54, 1.807) is 19.1 Å². The number of para-hydroxylation sites is 1. The van der Waals surface area contributed by atoms with Crippen molar-refractivity contribution in [2.45, 2.75) is 26.2 Å². The number of nitrogens with zero attached hydrogens (tertiary/aromatic N) is 2. The Balaban J connectivity index is 1.67. The van der Waals surface area contributed by atoms with Gasteiger partial charge in [-0.05, 0) is 48.6 Å². The maximum absolute atomic E-state index is 13.0. The molecule has 0 radical (unpaired) electrons.